The second kappa shape index (κ2) is 7.73. The van der Waals surface area contributed by atoms with E-state index >= 15 is 0 Å². The zero-order valence-electron chi connectivity index (χ0n) is 8.78. The maximum absolute atomic E-state index is 10.8. The maximum Gasteiger partial charge on any atom is 0.320 e. The molecule has 84 valence electrons. The average Bonchev–Trinajstić information content (AvgIpc) is 2.17. The Balaban J connectivity index is 4.01. The van der Waals surface area contributed by atoms with E-state index in [4.69, 9.17) is 16.6 Å². The Hall–Kier alpha value is -0.650. The first-order chi connectivity index (χ1) is 6.63. The monoisotopic (exact) mass is 203 g/mol. The fourth-order valence-corrected chi connectivity index (χ4v) is 1.24. The summed E-state index contributed by atoms with van der Waals surface area (Å²) in [6.45, 7) is 4.32. The van der Waals surface area contributed by atoms with Crippen LogP contribution in [0, 0.1) is 0 Å². The van der Waals surface area contributed by atoms with Gasteiger partial charge in [0.25, 0.3) is 0 Å². The van der Waals surface area contributed by atoms with Gasteiger partial charge in [0.15, 0.2) is 0 Å². The molecule has 0 aliphatic carbocycles. The number of nitrogens with zero attached hydrogens (tertiary/aromatic N) is 1. The SMILES string of the molecule is CC(C(=O)O)N(CCCN)CCCN. The number of carboxylic acid groups (broad SMARTS) is 1. The van der Waals surface area contributed by atoms with Crippen molar-refractivity contribution < 1.29 is 9.90 Å². The topological polar surface area (TPSA) is 92.6 Å². The minimum atomic E-state index is -0.793. The Morgan fingerprint density at radius 3 is 2.00 bits per heavy atom. The van der Waals surface area contributed by atoms with Crippen molar-refractivity contribution in [2.75, 3.05) is 26.2 Å². The Kier molecular flexibility index (Phi) is 7.37. The van der Waals surface area contributed by atoms with Crippen molar-refractivity contribution in [3.05, 3.63) is 0 Å². The molecule has 0 spiro atoms. The minimum absolute atomic E-state index is 0.451. The van der Waals surface area contributed by atoms with Gasteiger partial charge in [0.2, 0.25) is 0 Å². The molecule has 0 saturated carbocycles. The highest BCUT2D eigenvalue weighted by Crippen LogP contribution is 2.01. The van der Waals surface area contributed by atoms with E-state index < -0.39 is 12.0 Å². The van der Waals surface area contributed by atoms with E-state index in [1.165, 1.54) is 0 Å². The molecule has 0 rings (SSSR count). The zero-order valence-corrected chi connectivity index (χ0v) is 8.78. The number of nitrogens with two attached hydrogens (primary N) is 2. The highest BCUT2D eigenvalue weighted by Gasteiger charge is 2.18. The second-order valence-corrected chi connectivity index (χ2v) is 3.33. The molecule has 5 nitrogen and oxygen atoms in total. The van der Waals surface area contributed by atoms with Crippen molar-refractivity contribution in [3.63, 3.8) is 0 Å². The lowest BCUT2D eigenvalue weighted by Crippen LogP contribution is -2.41. The minimum Gasteiger partial charge on any atom is -0.480 e. The van der Waals surface area contributed by atoms with Crippen molar-refractivity contribution in [2.24, 2.45) is 11.5 Å². The highest BCUT2D eigenvalue weighted by molar-refractivity contribution is 5.72. The summed E-state index contributed by atoms with van der Waals surface area (Å²) in [5, 5.41) is 8.85. The Labute approximate surface area is 85.1 Å². The standard InChI is InChI=1S/C9H21N3O2/c1-8(9(13)14)12(6-2-4-10)7-3-5-11/h8H,2-7,10-11H2,1H3,(H,13,14). The first-order valence-corrected chi connectivity index (χ1v) is 5.00. The fraction of sp³-hybridized carbons (Fsp3) is 0.889. The smallest absolute Gasteiger partial charge is 0.320 e. The first-order valence-electron chi connectivity index (χ1n) is 5.00. The Morgan fingerprint density at radius 2 is 1.71 bits per heavy atom. The quantitative estimate of drug-likeness (QED) is 0.492. The number of hydrogen-bond acceptors (Lipinski definition) is 4. The van der Waals surface area contributed by atoms with Gasteiger partial charge in [-0.05, 0) is 32.9 Å². The molecule has 0 aromatic carbocycles. The third-order valence-electron chi connectivity index (χ3n) is 2.20. The Bertz CT molecular complexity index is 156. The Morgan fingerprint density at radius 1 is 1.29 bits per heavy atom. The third-order valence-corrected chi connectivity index (χ3v) is 2.20. The predicted octanol–water partition coefficient (Wildman–Crippen LogP) is -0.541. The van der Waals surface area contributed by atoms with E-state index in [1.807, 2.05) is 4.90 Å². The number of rotatable bonds is 8. The van der Waals surface area contributed by atoms with Gasteiger partial charge in [-0.15, -0.1) is 0 Å². The van der Waals surface area contributed by atoms with Gasteiger partial charge in [-0.3, -0.25) is 9.69 Å². The predicted molar refractivity (Wildman–Crippen MR) is 56.0 cm³/mol. The molecule has 0 aliphatic rings. The largest absolute Gasteiger partial charge is 0.480 e. The lowest BCUT2D eigenvalue weighted by atomic mass is 10.2. The van der Waals surface area contributed by atoms with Crippen LogP contribution in [0.2, 0.25) is 0 Å². The van der Waals surface area contributed by atoms with E-state index in [2.05, 4.69) is 0 Å². The van der Waals surface area contributed by atoms with Crippen molar-refractivity contribution in [2.45, 2.75) is 25.8 Å². The fourth-order valence-electron chi connectivity index (χ4n) is 1.24. The summed E-state index contributed by atoms with van der Waals surface area (Å²) in [4.78, 5) is 12.7. The molecule has 1 atom stereocenters. The molecule has 0 aliphatic heterocycles. The summed E-state index contributed by atoms with van der Waals surface area (Å²) in [5.74, 6) is -0.793. The number of carboxylic acids is 1. The van der Waals surface area contributed by atoms with Gasteiger partial charge in [0.05, 0.1) is 0 Å². The van der Waals surface area contributed by atoms with Crippen molar-refractivity contribution in [1.29, 1.82) is 0 Å². The third kappa shape index (κ3) is 5.16. The van der Waals surface area contributed by atoms with Crippen LogP contribution in [0.15, 0.2) is 0 Å². The van der Waals surface area contributed by atoms with Crippen LogP contribution < -0.4 is 11.5 Å². The van der Waals surface area contributed by atoms with Crippen LogP contribution >= 0.6 is 0 Å². The summed E-state index contributed by atoms with van der Waals surface area (Å²) >= 11 is 0. The number of aliphatic carboxylic acids is 1. The normalized spacial score (nSPS) is 13.1. The van der Waals surface area contributed by atoms with Gasteiger partial charge in [-0.1, -0.05) is 0 Å². The van der Waals surface area contributed by atoms with Gasteiger partial charge in [0, 0.05) is 13.1 Å². The summed E-state index contributed by atoms with van der Waals surface area (Å²) in [6.07, 6.45) is 1.64. The molecule has 0 amide bonds. The molecule has 0 saturated heterocycles. The van der Waals surface area contributed by atoms with Crippen LogP contribution in [0.4, 0.5) is 0 Å². The molecule has 0 radical (unpaired) electrons. The molecule has 0 aromatic rings. The molecule has 14 heavy (non-hydrogen) atoms. The van der Waals surface area contributed by atoms with Crippen molar-refractivity contribution in [1.82, 2.24) is 4.90 Å². The van der Waals surface area contributed by atoms with E-state index in [0.717, 1.165) is 25.9 Å². The van der Waals surface area contributed by atoms with E-state index in [1.54, 1.807) is 6.92 Å². The van der Waals surface area contributed by atoms with Crippen molar-refractivity contribution in [3.8, 4) is 0 Å². The maximum atomic E-state index is 10.8. The zero-order chi connectivity index (χ0) is 11.0. The van der Waals surface area contributed by atoms with Gasteiger partial charge in [0.1, 0.15) is 6.04 Å². The van der Waals surface area contributed by atoms with Crippen LogP contribution in [0.25, 0.3) is 0 Å². The molecular formula is C9H21N3O2. The van der Waals surface area contributed by atoms with E-state index in [-0.39, 0.29) is 0 Å². The summed E-state index contributed by atoms with van der Waals surface area (Å²) < 4.78 is 0. The number of carbonyl (C=O) groups is 1. The lowest BCUT2D eigenvalue weighted by molar-refractivity contribution is -0.142. The second-order valence-electron chi connectivity index (χ2n) is 3.33. The lowest BCUT2D eigenvalue weighted by Gasteiger charge is -2.25. The molecular weight excluding hydrogens is 182 g/mol. The van der Waals surface area contributed by atoms with Crippen molar-refractivity contribution >= 4 is 5.97 Å². The van der Waals surface area contributed by atoms with Gasteiger partial charge in [-0.2, -0.15) is 0 Å². The van der Waals surface area contributed by atoms with Gasteiger partial charge < -0.3 is 16.6 Å². The van der Waals surface area contributed by atoms with E-state index in [0.29, 0.717) is 13.1 Å². The molecule has 5 N–H and O–H groups in total. The molecule has 0 bridgehead atoms. The average molecular weight is 203 g/mol. The van der Waals surface area contributed by atoms with Crippen LogP contribution in [-0.2, 0) is 4.79 Å². The summed E-state index contributed by atoms with van der Waals surface area (Å²) in [6, 6.07) is -0.451. The molecule has 0 heterocycles. The molecule has 0 fully saturated rings. The van der Waals surface area contributed by atoms with Crippen LogP contribution in [-0.4, -0.2) is 48.2 Å². The van der Waals surface area contributed by atoms with Gasteiger partial charge in [-0.25, -0.2) is 0 Å². The first kappa shape index (κ1) is 13.4. The van der Waals surface area contributed by atoms with Crippen LogP contribution in [0.1, 0.15) is 19.8 Å². The highest BCUT2D eigenvalue weighted by atomic mass is 16.4. The molecule has 5 heteroatoms. The van der Waals surface area contributed by atoms with Gasteiger partial charge >= 0.3 is 5.97 Å². The number of hydrogen-bond donors (Lipinski definition) is 3. The summed E-state index contributed by atoms with van der Waals surface area (Å²) in [7, 11) is 0. The van der Waals surface area contributed by atoms with Crippen LogP contribution in [0.3, 0.4) is 0 Å². The summed E-state index contributed by atoms with van der Waals surface area (Å²) in [5.41, 5.74) is 10.8. The molecule has 0 aromatic heterocycles. The molecule has 1 unspecified atom stereocenters. The van der Waals surface area contributed by atoms with E-state index in [9.17, 15) is 4.79 Å². The van der Waals surface area contributed by atoms with Crippen LogP contribution in [0.5, 0.6) is 0 Å².